The number of nitrogens with one attached hydrogen (secondary N) is 2. The third-order valence-corrected chi connectivity index (χ3v) is 4.28. The van der Waals surface area contributed by atoms with E-state index < -0.39 is 0 Å². The average molecular weight is 326 g/mol. The van der Waals surface area contributed by atoms with Crippen LogP contribution in [0.2, 0.25) is 0 Å². The summed E-state index contributed by atoms with van der Waals surface area (Å²) in [6, 6.07) is 15.9. The van der Waals surface area contributed by atoms with E-state index >= 15 is 0 Å². The number of hydrogen-bond donors (Lipinski definition) is 3. The molecule has 3 N–H and O–H groups in total. The molecule has 0 aliphatic carbocycles. The molecule has 2 aromatic rings. The van der Waals surface area contributed by atoms with E-state index in [1.165, 1.54) is 5.56 Å². The zero-order chi connectivity index (χ0) is 17.5. The zero-order valence-corrected chi connectivity index (χ0v) is 14.5. The lowest BCUT2D eigenvalue weighted by Gasteiger charge is -2.21. The number of carbonyl (C=O) groups excluding carboxylic acids is 1. The molecule has 0 radical (unpaired) electrons. The average Bonchev–Trinajstić information content (AvgIpc) is 2.61. The van der Waals surface area contributed by atoms with Gasteiger partial charge in [0.05, 0.1) is 0 Å². The summed E-state index contributed by atoms with van der Waals surface area (Å²) in [5.74, 6) is 0.0989. The molecule has 0 saturated carbocycles. The molecule has 24 heavy (non-hydrogen) atoms. The van der Waals surface area contributed by atoms with E-state index in [-0.39, 0.29) is 17.9 Å². The molecule has 128 valence electrons. The van der Waals surface area contributed by atoms with Crippen LogP contribution in [0.3, 0.4) is 0 Å². The fraction of sp³-hybridized carbons (Fsp3) is 0.350. The molecular formula is C20H26N2O2. The lowest BCUT2D eigenvalue weighted by Crippen LogP contribution is -2.44. The van der Waals surface area contributed by atoms with Crippen LogP contribution in [0.15, 0.2) is 48.5 Å². The second-order valence-corrected chi connectivity index (χ2v) is 6.31. The van der Waals surface area contributed by atoms with Crippen molar-refractivity contribution in [3.63, 3.8) is 0 Å². The van der Waals surface area contributed by atoms with Gasteiger partial charge in [-0.05, 0) is 41.2 Å². The molecule has 0 heterocycles. The van der Waals surface area contributed by atoms with Crippen molar-refractivity contribution < 1.29 is 10.0 Å². The van der Waals surface area contributed by atoms with Crippen LogP contribution < -0.4 is 10.8 Å². The van der Waals surface area contributed by atoms with Crippen LogP contribution in [0.5, 0.6) is 0 Å². The Balaban J connectivity index is 2.08. The van der Waals surface area contributed by atoms with Crippen LogP contribution >= 0.6 is 0 Å². The van der Waals surface area contributed by atoms with Crippen molar-refractivity contribution in [2.75, 3.05) is 6.54 Å². The van der Waals surface area contributed by atoms with Crippen LogP contribution in [0.4, 0.5) is 0 Å². The third-order valence-electron chi connectivity index (χ3n) is 4.28. The molecule has 0 unspecified atom stereocenters. The van der Waals surface area contributed by atoms with E-state index in [4.69, 9.17) is 5.21 Å². The number of benzene rings is 2. The predicted molar refractivity (Wildman–Crippen MR) is 97.1 cm³/mol. The molecule has 0 aliphatic rings. The van der Waals surface area contributed by atoms with E-state index in [1.807, 2.05) is 38.1 Å². The highest BCUT2D eigenvalue weighted by molar-refractivity contribution is 5.94. The summed E-state index contributed by atoms with van der Waals surface area (Å²) in [6.07, 6.45) is 1.03. The van der Waals surface area contributed by atoms with Gasteiger partial charge in [0.1, 0.15) is 0 Å². The Morgan fingerprint density at radius 1 is 1.00 bits per heavy atom. The second-order valence-electron chi connectivity index (χ2n) is 6.31. The summed E-state index contributed by atoms with van der Waals surface area (Å²) in [6.45, 7) is 6.47. The summed E-state index contributed by atoms with van der Waals surface area (Å²) in [5, 5.41) is 11.8. The Hall–Kier alpha value is -2.17. The van der Waals surface area contributed by atoms with Gasteiger partial charge in [0, 0.05) is 18.2 Å². The van der Waals surface area contributed by atoms with Crippen molar-refractivity contribution in [2.45, 2.75) is 33.2 Å². The molecule has 0 aromatic heterocycles. The van der Waals surface area contributed by atoms with E-state index in [9.17, 15) is 4.79 Å². The molecule has 2 aromatic carbocycles. The number of aryl methyl sites for hydroxylation is 1. The van der Waals surface area contributed by atoms with Gasteiger partial charge in [-0.3, -0.25) is 4.79 Å². The fourth-order valence-corrected chi connectivity index (χ4v) is 2.55. The van der Waals surface area contributed by atoms with Gasteiger partial charge in [0.15, 0.2) is 0 Å². The molecule has 1 atom stereocenters. The van der Waals surface area contributed by atoms with Gasteiger partial charge in [0.2, 0.25) is 0 Å². The first kappa shape index (κ1) is 18.2. The Morgan fingerprint density at radius 2 is 1.54 bits per heavy atom. The van der Waals surface area contributed by atoms with Gasteiger partial charge in [0.25, 0.3) is 5.91 Å². The van der Waals surface area contributed by atoms with Crippen LogP contribution in [0.1, 0.15) is 36.7 Å². The maximum Gasteiger partial charge on any atom is 0.251 e. The van der Waals surface area contributed by atoms with Crippen molar-refractivity contribution >= 4 is 5.91 Å². The molecule has 2 rings (SSSR count). The lowest BCUT2D eigenvalue weighted by atomic mass is 10.0. The molecule has 4 heteroatoms. The number of carbonyl (C=O) groups is 1. The van der Waals surface area contributed by atoms with Crippen LogP contribution in [-0.4, -0.2) is 23.7 Å². The van der Waals surface area contributed by atoms with E-state index in [0.717, 1.165) is 17.5 Å². The Bertz CT molecular complexity index is 648. The van der Waals surface area contributed by atoms with Gasteiger partial charge in [-0.2, -0.15) is 0 Å². The van der Waals surface area contributed by atoms with Crippen molar-refractivity contribution in [2.24, 2.45) is 5.92 Å². The quantitative estimate of drug-likeness (QED) is 0.681. The van der Waals surface area contributed by atoms with Gasteiger partial charge in [-0.25, -0.2) is 5.48 Å². The summed E-state index contributed by atoms with van der Waals surface area (Å²) in [5.41, 5.74) is 6.29. The van der Waals surface area contributed by atoms with Crippen molar-refractivity contribution in [1.82, 2.24) is 10.8 Å². The van der Waals surface area contributed by atoms with Crippen LogP contribution in [0.25, 0.3) is 11.1 Å². The van der Waals surface area contributed by atoms with Crippen molar-refractivity contribution in [1.29, 1.82) is 0 Å². The van der Waals surface area contributed by atoms with Crippen LogP contribution in [-0.2, 0) is 6.42 Å². The van der Waals surface area contributed by atoms with E-state index in [1.54, 1.807) is 0 Å². The number of hydrogen-bond acceptors (Lipinski definition) is 3. The standard InChI is InChI=1S/C20H26N2O2/c1-4-15-5-7-16(8-6-15)17-9-11-18(12-10-17)20(23)22-19(13-21-24)14(2)3/h5-12,14,19,21,24H,4,13H2,1-3H3,(H,22,23)/t19-/m1/s1. The molecule has 1 amide bonds. The lowest BCUT2D eigenvalue weighted by molar-refractivity contribution is 0.0898. The smallest absolute Gasteiger partial charge is 0.251 e. The summed E-state index contributed by atoms with van der Waals surface area (Å²) in [4.78, 5) is 12.3. The summed E-state index contributed by atoms with van der Waals surface area (Å²) >= 11 is 0. The van der Waals surface area contributed by atoms with Gasteiger partial charge < -0.3 is 10.5 Å². The molecule has 0 saturated heterocycles. The third kappa shape index (κ3) is 4.66. The second kappa shape index (κ2) is 8.62. The largest absolute Gasteiger partial charge is 0.348 e. The van der Waals surface area contributed by atoms with E-state index in [2.05, 4.69) is 42.0 Å². The van der Waals surface area contributed by atoms with Crippen molar-refractivity contribution in [3.8, 4) is 11.1 Å². The molecule has 0 spiro atoms. The predicted octanol–water partition coefficient (Wildman–Crippen LogP) is 3.65. The number of amides is 1. The van der Waals surface area contributed by atoms with Gasteiger partial charge >= 0.3 is 0 Å². The number of hydroxylamine groups is 1. The highest BCUT2D eigenvalue weighted by atomic mass is 16.5. The van der Waals surface area contributed by atoms with Gasteiger partial charge in [-0.15, -0.1) is 0 Å². The zero-order valence-electron chi connectivity index (χ0n) is 14.5. The normalized spacial score (nSPS) is 12.2. The fourth-order valence-electron chi connectivity index (χ4n) is 2.55. The highest BCUT2D eigenvalue weighted by Gasteiger charge is 2.16. The minimum absolute atomic E-state index is 0.122. The first-order valence-corrected chi connectivity index (χ1v) is 8.42. The molecule has 0 aliphatic heterocycles. The molecule has 0 bridgehead atoms. The maximum absolute atomic E-state index is 12.3. The Kier molecular flexibility index (Phi) is 6.53. The molecular weight excluding hydrogens is 300 g/mol. The van der Waals surface area contributed by atoms with Gasteiger partial charge in [-0.1, -0.05) is 57.2 Å². The first-order chi connectivity index (χ1) is 11.5. The minimum Gasteiger partial charge on any atom is -0.348 e. The minimum atomic E-state index is -0.128. The van der Waals surface area contributed by atoms with Crippen molar-refractivity contribution in [3.05, 3.63) is 59.7 Å². The van der Waals surface area contributed by atoms with Crippen LogP contribution in [0, 0.1) is 5.92 Å². The molecule has 0 fully saturated rings. The summed E-state index contributed by atoms with van der Waals surface area (Å²) < 4.78 is 0. The Morgan fingerprint density at radius 3 is 2.00 bits per heavy atom. The first-order valence-electron chi connectivity index (χ1n) is 8.42. The molecule has 4 nitrogen and oxygen atoms in total. The topological polar surface area (TPSA) is 61.4 Å². The monoisotopic (exact) mass is 326 g/mol. The highest BCUT2D eigenvalue weighted by Crippen LogP contribution is 2.20. The number of rotatable bonds is 7. The maximum atomic E-state index is 12.3. The SMILES string of the molecule is CCc1ccc(-c2ccc(C(=O)N[C@H](CNO)C(C)C)cc2)cc1. The Labute approximate surface area is 143 Å². The van der Waals surface area contributed by atoms with E-state index in [0.29, 0.717) is 12.1 Å². The summed E-state index contributed by atoms with van der Waals surface area (Å²) in [7, 11) is 0.